The summed E-state index contributed by atoms with van der Waals surface area (Å²) in [6, 6.07) is 0.289. The third-order valence-corrected chi connectivity index (χ3v) is 3.12. The van der Waals surface area contributed by atoms with Crippen LogP contribution in [-0.4, -0.2) is 34.2 Å². The summed E-state index contributed by atoms with van der Waals surface area (Å²) < 4.78 is 5.53. The lowest BCUT2D eigenvalue weighted by atomic mass is 10.2. The molecule has 0 radical (unpaired) electrons. The number of aromatic nitrogens is 1. The summed E-state index contributed by atoms with van der Waals surface area (Å²) >= 11 is 0. The van der Waals surface area contributed by atoms with Gasteiger partial charge in [-0.15, -0.1) is 0 Å². The van der Waals surface area contributed by atoms with Gasteiger partial charge in [-0.3, -0.25) is 4.90 Å². The zero-order valence-electron chi connectivity index (χ0n) is 9.36. The Bertz CT molecular complexity index is 316. The summed E-state index contributed by atoms with van der Waals surface area (Å²) in [4.78, 5) is 6.59. The zero-order chi connectivity index (χ0) is 10.8. The Kier molecular flexibility index (Phi) is 3.07. The summed E-state index contributed by atoms with van der Waals surface area (Å²) in [5, 5.41) is 9.18. The molecule has 15 heavy (non-hydrogen) atoms. The first-order chi connectivity index (χ1) is 7.20. The second-order valence-corrected chi connectivity index (χ2v) is 4.20. The van der Waals surface area contributed by atoms with E-state index in [4.69, 9.17) is 4.42 Å². The van der Waals surface area contributed by atoms with Gasteiger partial charge in [0.15, 0.2) is 0 Å². The molecule has 4 nitrogen and oxygen atoms in total. The highest BCUT2D eigenvalue weighted by Gasteiger charge is 2.25. The molecule has 0 aliphatic carbocycles. The number of hydrogen-bond donors (Lipinski definition) is 1. The molecule has 0 saturated carbocycles. The average Bonchev–Trinajstić information content (AvgIpc) is 2.75. The van der Waals surface area contributed by atoms with E-state index in [1.54, 1.807) is 0 Å². The van der Waals surface area contributed by atoms with Crippen molar-refractivity contribution in [3.63, 3.8) is 0 Å². The first kappa shape index (κ1) is 10.6. The maximum absolute atomic E-state index is 9.18. The Balaban J connectivity index is 2.02. The highest BCUT2D eigenvalue weighted by Crippen LogP contribution is 2.20. The van der Waals surface area contributed by atoms with Gasteiger partial charge in [-0.2, -0.15) is 0 Å². The van der Waals surface area contributed by atoms with Gasteiger partial charge < -0.3 is 9.52 Å². The van der Waals surface area contributed by atoms with E-state index >= 15 is 0 Å². The molecular weight excluding hydrogens is 192 g/mol. The Morgan fingerprint density at radius 2 is 2.33 bits per heavy atom. The van der Waals surface area contributed by atoms with E-state index in [2.05, 4.69) is 9.88 Å². The highest BCUT2D eigenvalue weighted by atomic mass is 16.4. The Hall–Kier alpha value is -0.870. The minimum Gasteiger partial charge on any atom is -0.444 e. The van der Waals surface area contributed by atoms with Crippen LogP contribution in [0.3, 0.4) is 0 Å². The van der Waals surface area contributed by atoms with Gasteiger partial charge in [0.2, 0.25) is 5.89 Å². The first-order valence-electron chi connectivity index (χ1n) is 5.48. The quantitative estimate of drug-likeness (QED) is 0.815. The van der Waals surface area contributed by atoms with Gasteiger partial charge in [-0.25, -0.2) is 4.98 Å². The van der Waals surface area contributed by atoms with Crippen LogP contribution in [0.5, 0.6) is 0 Å². The second kappa shape index (κ2) is 4.33. The monoisotopic (exact) mass is 210 g/mol. The maximum atomic E-state index is 9.18. The largest absolute Gasteiger partial charge is 0.444 e. The van der Waals surface area contributed by atoms with Gasteiger partial charge in [0.05, 0.1) is 18.8 Å². The predicted octanol–water partition coefficient (Wildman–Crippen LogP) is 1.25. The first-order valence-corrected chi connectivity index (χ1v) is 5.48. The lowest BCUT2D eigenvalue weighted by Gasteiger charge is -2.20. The SMILES string of the molecule is Cc1nc(CN2CCC[C@@H]2CO)oc1C. The normalized spacial score (nSPS) is 22.5. The molecule has 4 heteroatoms. The van der Waals surface area contributed by atoms with Crippen molar-refractivity contribution < 1.29 is 9.52 Å². The van der Waals surface area contributed by atoms with Gasteiger partial charge in [0.1, 0.15) is 5.76 Å². The molecule has 1 fully saturated rings. The van der Waals surface area contributed by atoms with Crippen LogP contribution in [0.2, 0.25) is 0 Å². The van der Waals surface area contributed by atoms with Crippen molar-refractivity contribution in [2.45, 2.75) is 39.3 Å². The van der Waals surface area contributed by atoms with E-state index in [-0.39, 0.29) is 12.6 Å². The van der Waals surface area contributed by atoms with E-state index in [9.17, 15) is 5.11 Å². The maximum Gasteiger partial charge on any atom is 0.208 e. The van der Waals surface area contributed by atoms with Gasteiger partial charge in [-0.1, -0.05) is 0 Å². The lowest BCUT2D eigenvalue weighted by Crippen LogP contribution is -2.31. The highest BCUT2D eigenvalue weighted by molar-refractivity contribution is 5.05. The second-order valence-electron chi connectivity index (χ2n) is 4.20. The van der Waals surface area contributed by atoms with E-state index in [0.29, 0.717) is 0 Å². The van der Waals surface area contributed by atoms with Crippen LogP contribution >= 0.6 is 0 Å². The summed E-state index contributed by atoms with van der Waals surface area (Å²) in [6.45, 7) is 5.87. The molecule has 1 aliphatic heterocycles. The minimum atomic E-state index is 0.235. The number of nitrogens with zero attached hydrogens (tertiary/aromatic N) is 2. The predicted molar refractivity (Wildman–Crippen MR) is 56.5 cm³/mol. The van der Waals surface area contributed by atoms with Crippen molar-refractivity contribution in [3.8, 4) is 0 Å². The van der Waals surface area contributed by atoms with Crippen molar-refractivity contribution in [3.05, 3.63) is 17.3 Å². The third kappa shape index (κ3) is 2.21. The number of aryl methyl sites for hydroxylation is 2. The van der Waals surface area contributed by atoms with Crippen molar-refractivity contribution in [1.82, 2.24) is 9.88 Å². The fourth-order valence-corrected chi connectivity index (χ4v) is 2.09. The molecular formula is C11H18N2O2. The third-order valence-electron chi connectivity index (χ3n) is 3.12. The van der Waals surface area contributed by atoms with Crippen LogP contribution in [0.15, 0.2) is 4.42 Å². The fourth-order valence-electron chi connectivity index (χ4n) is 2.09. The average molecular weight is 210 g/mol. The molecule has 0 aromatic carbocycles. The van der Waals surface area contributed by atoms with Crippen LogP contribution < -0.4 is 0 Å². The van der Waals surface area contributed by atoms with Gasteiger partial charge in [-0.05, 0) is 33.2 Å². The molecule has 1 aromatic rings. The van der Waals surface area contributed by atoms with Crippen LogP contribution in [0.4, 0.5) is 0 Å². The number of hydrogen-bond acceptors (Lipinski definition) is 4. The molecule has 2 heterocycles. The zero-order valence-corrected chi connectivity index (χ0v) is 9.36. The van der Waals surface area contributed by atoms with Crippen molar-refractivity contribution >= 4 is 0 Å². The molecule has 1 aromatic heterocycles. The van der Waals surface area contributed by atoms with E-state index < -0.39 is 0 Å². The fraction of sp³-hybridized carbons (Fsp3) is 0.727. The number of aliphatic hydroxyl groups excluding tert-OH is 1. The summed E-state index contributed by atoms with van der Waals surface area (Å²) in [5.41, 5.74) is 0.963. The van der Waals surface area contributed by atoms with Crippen molar-refractivity contribution in [2.75, 3.05) is 13.2 Å². The molecule has 0 bridgehead atoms. The Morgan fingerprint density at radius 3 is 2.93 bits per heavy atom. The number of likely N-dealkylation sites (tertiary alicyclic amines) is 1. The summed E-state index contributed by atoms with van der Waals surface area (Å²) in [7, 11) is 0. The van der Waals surface area contributed by atoms with Crippen molar-refractivity contribution in [1.29, 1.82) is 0 Å². The summed E-state index contributed by atoms with van der Waals surface area (Å²) in [5.74, 6) is 1.66. The van der Waals surface area contributed by atoms with Crippen LogP contribution in [0.25, 0.3) is 0 Å². The van der Waals surface area contributed by atoms with Crippen LogP contribution in [-0.2, 0) is 6.54 Å². The smallest absolute Gasteiger partial charge is 0.208 e. The number of oxazole rings is 1. The topological polar surface area (TPSA) is 49.5 Å². The molecule has 1 saturated heterocycles. The molecule has 84 valence electrons. The van der Waals surface area contributed by atoms with Gasteiger partial charge >= 0.3 is 0 Å². The van der Waals surface area contributed by atoms with Gasteiger partial charge in [0.25, 0.3) is 0 Å². The lowest BCUT2D eigenvalue weighted by molar-refractivity contribution is 0.144. The molecule has 0 amide bonds. The standard InChI is InChI=1S/C11H18N2O2/c1-8-9(2)15-11(12-8)6-13-5-3-4-10(13)7-14/h10,14H,3-7H2,1-2H3/t10-/m1/s1. The molecule has 0 unspecified atom stereocenters. The minimum absolute atomic E-state index is 0.235. The Morgan fingerprint density at radius 1 is 1.53 bits per heavy atom. The molecule has 1 N–H and O–H groups in total. The van der Waals surface area contributed by atoms with E-state index in [1.165, 1.54) is 0 Å². The Labute approximate surface area is 89.9 Å². The molecule has 1 aliphatic rings. The number of aliphatic hydroxyl groups is 1. The molecule has 2 rings (SSSR count). The number of rotatable bonds is 3. The molecule has 0 spiro atoms. The van der Waals surface area contributed by atoms with Gasteiger partial charge in [0, 0.05) is 6.04 Å². The van der Waals surface area contributed by atoms with Crippen molar-refractivity contribution in [2.24, 2.45) is 0 Å². The van der Waals surface area contributed by atoms with Crippen LogP contribution in [0, 0.1) is 13.8 Å². The van der Waals surface area contributed by atoms with E-state index in [1.807, 2.05) is 13.8 Å². The van der Waals surface area contributed by atoms with Crippen LogP contribution in [0.1, 0.15) is 30.2 Å². The summed E-state index contributed by atoms with van der Waals surface area (Å²) in [6.07, 6.45) is 2.24. The molecule has 1 atom stereocenters. The van der Waals surface area contributed by atoms with E-state index in [0.717, 1.165) is 43.3 Å².